The minimum absolute atomic E-state index is 0.0683. The highest BCUT2D eigenvalue weighted by molar-refractivity contribution is 7.13. The van der Waals surface area contributed by atoms with Gasteiger partial charge < -0.3 is 5.32 Å². The average Bonchev–Trinajstić information content (AvgIpc) is 3.18. The smallest absolute Gasteiger partial charge is 0.230 e. The molecule has 1 amide bonds. The van der Waals surface area contributed by atoms with Gasteiger partial charge in [0.1, 0.15) is 0 Å². The van der Waals surface area contributed by atoms with Crippen molar-refractivity contribution in [3.05, 3.63) is 64.9 Å². The molecule has 0 bridgehead atoms. The van der Waals surface area contributed by atoms with E-state index in [4.69, 9.17) is 0 Å². The van der Waals surface area contributed by atoms with Gasteiger partial charge in [0.15, 0.2) is 5.13 Å². The normalized spacial score (nSPS) is 10.7. The maximum Gasteiger partial charge on any atom is 0.230 e. The van der Waals surface area contributed by atoms with Crippen molar-refractivity contribution in [2.75, 3.05) is 5.32 Å². The molecule has 3 rings (SSSR count). The summed E-state index contributed by atoms with van der Waals surface area (Å²) in [6.45, 7) is 2.75. The van der Waals surface area contributed by atoms with E-state index in [0.29, 0.717) is 18.1 Å². The van der Waals surface area contributed by atoms with Gasteiger partial charge in [0.05, 0.1) is 24.9 Å². The van der Waals surface area contributed by atoms with Gasteiger partial charge in [-0.3, -0.25) is 9.48 Å². The van der Waals surface area contributed by atoms with Crippen molar-refractivity contribution >= 4 is 22.4 Å². The summed E-state index contributed by atoms with van der Waals surface area (Å²) >= 11 is 1.46. The fourth-order valence-corrected chi connectivity index (χ4v) is 3.04. The molecule has 0 aliphatic heterocycles. The monoisotopic (exact) mass is 326 g/mol. The van der Waals surface area contributed by atoms with Gasteiger partial charge in [-0.25, -0.2) is 4.98 Å². The molecule has 0 aliphatic rings. The fraction of sp³-hybridized carbons (Fsp3) is 0.235. The van der Waals surface area contributed by atoms with Crippen molar-refractivity contribution in [1.82, 2.24) is 14.8 Å². The van der Waals surface area contributed by atoms with Crippen LogP contribution in [-0.4, -0.2) is 20.7 Å². The lowest BCUT2D eigenvalue weighted by atomic mass is 10.2. The van der Waals surface area contributed by atoms with Crippen molar-refractivity contribution < 1.29 is 4.79 Å². The second kappa shape index (κ2) is 7.19. The van der Waals surface area contributed by atoms with E-state index >= 15 is 0 Å². The zero-order chi connectivity index (χ0) is 16.1. The number of hydrogen-bond donors (Lipinski definition) is 1. The van der Waals surface area contributed by atoms with Crippen LogP contribution in [-0.2, 0) is 24.2 Å². The molecule has 1 aromatic carbocycles. The third kappa shape index (κ3) is 4.26. The number of carbonyl (C=O) groups excluding carboxylic acids is 1. The van der Waals surface area contributed by atoms with Crippen molar-refractivity contribution in [2.24, 2.45) is 0 Å². The molecule has 0 saturated heterocycles. The molecule has 23 heavy (non-hydrogen) atoms. The largest absolute Gasteiger partial charge is 0.302 e. The van der Waals surface area contributed by atoms with Crippen LogP contribution < -0.4 is 5.32 Å². The van der Waals surface area contributed by atoms with Crippen LogP contribution in [0.5, 0.6) is 0 Å². The first-order valence-electron chi connectivity index (χ1n) is 7.52. The number of benzene rings is 1. The summed E-state index contributed by atoms with van der Waals surface area (Å²) in [5.74, 6) is -0.0683. The minimum Gasteiger partial charge on any atom is -0.302 e. The number of amides is 1. The summed E-state index contributed by atoms with van der Waals surface area (Å²) in [5.41, 5.74) is 3.08. The molecule has 0 spiro atoms. The van der Waals surface area contributed by atoms with Crippen molar-refractivity contribution in [1.29, 1.82) is 0 Å². The number of aryl methyl sites for hydroxylation is 1. The lowest BCUT2D eigenvalue weighted by Crippen LogP contribution is -2.14. The third-order valence-corrected chi connectivity index (χ3v) is 4.21. The first kappa shape index (κ1) is 15.4. The first-order valence-corrected chi connectivity index (χ1v) is 8.40. The van der Waals surface area contributed by atoms with E-state index in [9.17, 15) is 4.79 Å². The van der Waals surface area contributed by atoms with Crippen LogP contribution in [0.2, 0.25) is 0 Å². The van der Waals surface area contributed by atoms with Gasteiger partial charge in [0.2, 0.25) is 5.91 Å². The molecule has 0 fully saturated rings. The number of anilines is 1. The second-order valence-electron chi connectivity index (χ2n) is 5.25. The molecule has 2 heterocycles. The molecule has 0 radical (unpaired) electrons. The van der Waals surface area contributed by atoms with Crippen LogP contribution in [0.4, 0.5) is 5.13 Å². The van der Waals surface area contributed by atoms with Gasteiger partial charge in [0.25, 0.3) is 0 Å². The highest BCUT2D eigenvalue weighted by Crippen LogP contribution is 2.16. The van der Waals surface area contributed by atoms with E-state index < -0.39 is 0 Å². The predicted molar refractivity (Wildman–Crippen MR) is 91.6 cm³/mol. The van der Waals surface area contributed by atoms with Crippen molar-refractivity contribution in [2.45, 2.75) is 26.3 Å². The summed E-state index contributed by atoms with van der Waals surface area (Å²) in [6, 6.07) is 10.1. The van der Waals surface area contributed by atoms with Crippen molar-refractivity contribution in [3.8, 4) is 0 Å². The highest BCUT2D eigenvalue weighted by Gasteiger charge is 2.09. The summed E-state index contributed by atoms with van der Waals surface area (Å²) in [7, 11) is 0. The molecule has 0 unspecified atom stereocenters. The van der Waals surface area contributed by atoms with Crippen LogP contribution in [0.15, 0.2) is 48.1 Å². The SMILES string of the molecule is CCc1csc(NC(=O)Cc2cnn(Cc3ccccc3)c2)n1. The molecule has 2 aromatic heterocycles. The average molecular weight is 326 g/mol. The zero-order valence-corrected chi connectivity index (χ0v) is 13.7. The molecule has 3 aromatic rings. The lowest BCUT2D eigenvalue weighted by molar-refractivity contribution is -0.115. The van der Waals surface area contributed by atoms with Crippen molar-refractivity contribution in [3.63, 3.8) is 0 Å². The Morgan fingerprint density at radius 2 is 2.09 bits per heavy atom. The Hall–Kier alpha value is -2.47. The molecule has 6 heteroatoms. The van der Waals surface area contributed by atoms with Crippen LogP contribution in [0.1, 0.15) is 23.7 Å². The predicted octanol–water partition coefficient (Wildman–Crippen LogP) is 3.13. The Morgan fingerprint density at radius 3 is 2.83 bits per heavy atom. The summed E-state index contributed by atoms with van der Waals surface area (Å²) in [4.78, 5) is 16.4. The van der Waals surface area contributed by atoms with Gasteiger partial charge in [-0.05, 0) is 17.5 Å². The number of hydrogen-bond acceptors (Lipinski definition) is 4. The van der Waals surface area contributed by atoms with Gasteiger partial charge in [-0.2, -0.15) is 5.10 Å². The van der Waals surface area contributed by atoms with E-state index in [-0.39, 0.29) is 5.91 Å². The Bertz CT molecular complexity index is 779. The Balaban J connectivity index is 1.57. The lowest BCUT2D eigenvalue weighted by Gasteiger charge is -2.01. The molecule has 5 nitrogen and oxygen atoms in total. The standard InChI is InChI=1S/C17H18N4OS/c1-2-15-12-23-17(19-15)20-16(22)8-14-9-18-21(11-14)10-13-6-4-3-5-7-13/h3-7,9,11-12H,2,8,10H2,1H3,(H,19,20,22). The molecule has 0 atom stereocenters. The van der Waals surface area contributed by atoms with Crippen LogP contribution in [0.25, 0.3) is 0 Å². The zero-order valence-electron chi connectivity index (χ0n) is 12.9. The minimum atomic E-state index is -0.0683. The van der Waals surface area contributed by atoms with E-state index in [2.05, 4.69) is 27.5 Å². The maximum atomic E-state index is 12.1. The van der Waals surface area contributed by atoms with Gasteiger partial charge in [-0.15, -0.1) is 11.3 Å². The number of aromatic nitrogens is 3. The van der Waals surface area contributed by atoms with E-state index in [1.54, 1.807) is 6.20 Å². The second-order valence-corrected chi connectivity index (χ2v) is 6.11. The molecule has 0 aliphatic carbocycles. The number of rotatable bonds is 6. The van der Waals surface area contributed by atoms with E-state index in [1.807, 2.05) is 41.4 Å². The van der Waals surface area contributed by atoms with E-state index in [0.717, 1.165) is 17.7 Å². The van der Waals surface area contributed by atoms with E-state index in [1.165, 1.54) is 16.9 Å². The number of thiazole rings is 1. The Morgan fingerprint density at radius 1 is 1.26 bits per heavy atom. The molecule has 118 valence electrons. The number of carbonyl (C=O) groups is 1. The third-order valence-electron chi connectivity index (χ3n) is 3.40. The van der Waals surface area contributed by atoms with Gasteiger partial charge in [-0.1, -0.05) is 37.3 Å². The van der Waals surface area contributed by atoms with Crippen LogP contribution >= 0.6 is 11.3 Å². The highest BCUT2D eigenvalue weighted by atomic mass is 32.1. The molecule has 0 saturated carbocycles. The van der Waals surface area contributed by atoms with Gasteiger partial charge in [0, 0.05) is 11.6 Å². The van der Waals surface area contributed by atoms with Crippen LogP contribution in [0.3, 0.4) is 0 Å². The summed E-state index contributed by atoms with van der Waals surface area (Å²) in [6.07, 6.45) is 4.82. The topological polar surface area (TPSA) is 59.8 Å². The number of nitrogens with one attached hydrogen (secondary N) is 1. The summed E-state index contributed by atoms with van der Waals surface area (Å²) < 4.78 is 1.84. The summed E-state index contributed by atoms with van der Waals surface area (Å²) in [5, 5.41) is 9.77. The molecular weight excluding hydrogens is 308 g/mol. The maximum absolute atomic E-state index is 12.1. The molecular formula is C17H18N4OS. The quantitative estimate of drug-likeness (QED) is 0.757. The van der Waals surface area contributed by atoms with Gasteiger partial charge >= 0.3 is 0 Å². The van der Waals surface area contributed by atoms with Crippen LogP contribution in [0, 0.1) is 0 Å². The molecule has 1 N–H and O–H groups in total. The number of nitrogens with zero attached hydrogens (tertiary/aromatic N) is 3. The Labute approximate surface area is 139 Å². The Kier molecular flexibility index (Phi) is 4.83. The first-order chi connectivity index (χ1) is 11.2. The fourth-order valence-electron chi connectivity index (χ4n) is 2.23.